The summed E-state index contributed by atoms with van der Waals surface area (Å²) in [6.07, 6.45) is 2.71. The molecular formula is C46H50HfN2. The topological polar surface area (TPSA) is 27.0 Å². The van der Waals surface area contributed by atoms with Crippen LogP contribution in [0.4, 0.5) is 5.69 Å². The quantitative estimate of drug-likeness (QED) is 0.117. The van der Waals surface area contributed by atoms with Crippen molar-refractivity contribution in [1.29, 1.82) is 0 Å². The smallest absolute Gasteiger partial charge is 0.676 e. The molecule has 0 radical (unpaired) electrons. The first-order valence-electron chi connectivity index (χ1n) is 16.6. The molecular weight excluding hydrogens is 759 g/mol. The Labute approximate surface area is 315 Å². The Morgan fingerprint density at radius 3 is 1.20 bits per heavy atom. The summed E-state index contributed by atoms with van der Waals surface area (Å²) in [5.41, 5.74) is 9.30. The summed E-state index contributed by atoms with van der Waals surface area (Å²) in [6.45, 7) is 20.1. The second kappa shape index (κ2) is 23.0. The Balaban J connectivity index is 0.000000303. The van der Waals surface area contributed by atoms with E-state index in [1.54, 1.807) is 0 Å². The molecule has 0 aliphatic heterocycles. The number of pyridine rings is 1. The van der Waals surface area contributed by atoms with E-state index in [4.69, 9.17) is 5.32 Å². The molecule has 2 nitrogen and oxygen atoms in total. The van der Waals surface area contributed by atoms with Crippen molar-refractivity contribution >= 4 is 5.69 Å². The van der Waals surface area contributed by atoms with Crippen LogP contribution in [0.3, 0.4) is 0 Å². The van der Waals surface area contributed by atoms with Crippen LogP contribution < -0.4 is 0 Å². The van der Waals surface area contributed by atoms with Gasteiger partial charge < -0.3 is 5.32 Å². The average Bonchev–Trinajstić information content (AvgIpc) is 3.10. The van der Waals surface area contributed by atoms with Crippen molar-refractivity contribution in [3.8, 4) is 0 Å². The Morgan fingerprint density at radius 1 is 0.490 bits per heavy atom. The molecule has 3 heteroatoms. The number of benzene rings is 5. The standard InChI is InChI=1S/C25H29N2.3C7H7.Hf/c1-18(2)21-13-10-14-22(19(3)4)25(21)27-24(23-15-8-9-16-26-23)17-20-11-6-5-7-12-20;3*1-7-5-3-2-4-6-7;/h5-16,18-19,24H,17H2,1-4H3;3*2-6H,1H2;/q4*-1;+4. The molecule has 1 heterocycles. The van der Waals surface area contributed by atoms with E-state index < -0.39 is 0 Å². The monoisotopic (exact) mass is 810 g/mol. The molecule has 0 fully saturated rings. The summed E-state index contributed by atoms with van der Waals surface area (Å²) in [5.74, 6) is 0.868. The van der Waals surface area contributed by atoms with Crippen LogP contribution >= 0.6 is 0 Å². The first kappa shape index (κ1) is 40.7. The molecule has 1 atom stereocenters. The Kier molecular flexibility index (Phi) is 19.1. The van der Waals surface area contributed by atoms with E-state index in [0.717, 1.165) is 34.5 Å². The summed E-state index contributed by atoms with van der Waals surface area (Å²) in [7, 11) is 0. The molecule has 0 aliphatic carbocycles. The number of hydrogen-bond donors (Lipinski definition) is 0. The van der Waals surface area contributed by atoms with Crippen LogP contribution in [0.5, 0.6) is 0 Å². The van der Waals surface area contributed by atoms with Crippen molar-refractivity contribution in [3.63, 3.8) is 0 Å². The summed E-state index contributed by atoms with van der Waals surface area (Å²) >= 11 is 0. The maximum atomic E-state index is 5.30. The minimum absolute atomic E-state index is 0. The molecule has 0 N–H and O–H groups in total. The molecule has 49 heavy (non-hydrogen) atoms. The van der Waals surface area contributed by atoms with Gasteiger partial charge in [0.1, 0.15) is 0 Å². The molecule has 6 aromatic rings. The third-order valence-electron chi connectivity index (χ3n) is 7.46. The van der Waals surface area contributed by atoms with Crippen LogP contribution in [-0.4, -0.2) is 4.98 Å². The average molecular weight is 809 g/mol. The van der Waals surface area contributed by atoms with E-state index >= 15 is 0 Å². The van der Waals surface area contributed by atoms with E-state index in [1.807, 2.05) is 109 Å². The molecule has 0 saturated carbocycles. The van der Waals surface area contributed by atoms with E-state index in [-0.39, 0.29) is 31.9 Å². The van der Waals surface area contributed by atoms with Crippen LogP contribution in [0.2, 0.25) is 0 Å². The van der Waals surface area contributed by atoms with Gasteiger partial charge in [-0.1, -0.05) is 118 Å². The van der Waals surface area contributed by atoms with Gasteiger partial charge in [0.2, 0.25) is 0 Å². The number of aromatic nitrogens is 1. The van der Waals surface area contributed by atoms with E-state index in [2.05, 4.69) is 108 Å². The minimum Gasteiger partial charge on any atom is -0.676 e. The predicted molar refractivity (Wildman–Crippen MR) is 207 cm³/mol. The van der Waals surface area contributed by atoms with Crippen LogP contribution in [0, 0.1) is 20.8 Å². The van der Waals surface area contributed by atoms with Crippen molar-refractivity contribution in [3.05, 3.63) is 229 Å². The summed E-state index contributed by atoms with van der Waals surface area (Å²) in [5, 5.41) is 5.30. The third kappa shape index (κ3) is 15.5. The van der Waals surface area contributed by atoms with E-state index in [0.29, 0.717) is 11.8 Å². The largest absolute Gasteiger partial charge is 4.00 e. The zero-order valence-electron chi connectivity index (χ0n) is 29.5. The van der Waals surface area contributed by atoms with Gasteiger partial charge in [0.15, 0.2) is 0 Å². The zero-order chi connectivity index (χ0) is 34.6. The number of hydrogen-bond acceptors (Lipinski definition) is 1. The van der Waals surface area contributed by atoms with Crippen LogP contribution in [-0.2, 0) is 32.3 Å². The fourth-order valence-corrected chi connectivity index (χ4v) is 4.88. The van der Waals surface area contributed by atoms with Crippen molar-refractivity contribution in [2.75, 3.05) is 0 Å². The Morgan fingerprint density at radius 2 is 0.878 bits per heavy atom. The predicted octanol–water partition coefficient (Wildman–Crippen LogP) is 12.9. The van der Waals surface area contributed by atoms with Crippen molar-refractivity contribution in [2.24, 2.45) is 0 Å². The van der Waals surface area contributed by atoms with Gasteiger partial charge in [-0.25, -0.2) is 0 Å². The SMILES string of the molecule is CC(C)c1cccc(C(C)C)c1[N-]C(Cc1ccccc1)c1ccccn1.[CH2-]c1ccccc1.[CH2-]c1ccccc1.[CH2-]c1ccccc1.[Hf+4]. The molecule has 1 unspecified atom stereocenters. The van der Waals surface area contributed by atoms with Gasteiger partial charge in [-0.05, 0) is 36.0 Å². The molecule has 5 aromatic carbocycles. The Hall–Kier alpha value is -4.47. The van der Waals surface area contributed by atoms with Crippen molar-refractivity contribution in [2.45, 2.75) is 52.0 Å². The fourth-order valence-electron chi connectivity index (χ4n) is 4.88. The van der Waals surface area contributed by atoms with Crippen molar-refractivity contribution < 1.29 is 25.8 Å². The molecule has 1 aromatic heterocycles. The van der Waals surface area contributed by atoms with Gasteiger partial charge in [0.05, 0.1) is 0 Å². The first-order chi connectivity index (χ1) is 23.2. The summed E-state index contributed by atoms with van der Waals surface area (Å²) in [4.78, 5) is 4.63. The normalized spacial score (nSPS) is 10.5. The van der Waals surface area contributed by atoms with Crippen LogP contribution in [0.1, 0.15) is 84.6 Å². The molecule has 0 amide bonds. The first-order valence-corrected chi connectivity index (χ1v) is 16.6. The van der Waals surface area contributed by atoms with E-state index in [1.165, 1.54) is 16.7 Å². The second-order valence-corrected chi connectivity index (χ2v) is 12.1. The minimum atomic E-state index is 0. The molecule has 0 bridgehead atoms. The maximum absolute atomic E-state index is 5.30. The zero-order valence-corrected chi connectivity index (χ0v) is 33.1. The van der Waals surface area contributed by atoms with Gasteiger partial charge >= 0.3 is 25.8 Å². The van der Waals surface area contributed by atoms with Crippen LogP contribution in [0.15, 0.2) is 164 Å². The number of para-hydroxylation sites is 1. The van der Waals surface area contributed by atoms with Gasteiger partial charge in [0, 0.05) is 11.9 Å². The summed E-state index contributed by atoms with van der Waals surface area (Å²) < 4.78 is 0. The van der Waals surface area contributed by atoms with Gasteiger partial charge in [0.25, 0.3) is 0 Å². The summed E-state index contributed by atoms with van der Waals surface area (Å²) in [6, 6.07) is 52.9. The third-order valence-corrected chi connectivity index (χ3v) is 7.46. The maximum Gasteiger partial charge on any atom is 4.00 e. The number of rotatable bonds is 7. The molecule has 0 aliphatic rings. The van der Waals surface area contributed by atoms with Crippen LogP contribution in [0.25, 0.3) is 5.32 Å². The fraction of sp³-hybridized carbons (Fsp3) is 0.174. The van der Waals surface area contributed by atoms with Gasteiger partial charge in [-0.3, -0.25) is 4.98 Å². The van der Waals surface area contributed by atoms with E-state index in [9.17, 15) is 0 Å². The Bertz CT molecular complexity index is 1560. The molecule has 0 saturated heterocycles. The molecule has 248 valence electrons. The van der Waals surface area contributed by atoms with Crippen molar-refractivity contribution in [1.82, 2.24) is 4.98 Å². The van der Waals surface area contributed by atoms with Gasteiger partial charge in [-0.15, -0.1) is 42.1 Å². The molecule has 0 spiro atoms. The number of nitrogens with zero attached hydrogens (tertiary/aromatic N) is 2. The molecule has 6 rings (SSSR count). The van der Waals surface area contributed by atoms with Gasteiger partial charge in [-0.2, -0.15) is 73.9 Å². The second-order valence-electron chi connectivity index (χ2n) is 12.1.